The molecule has 0 aromatic heterocycles. The number of piperidine rings is 1. The maximum Gasteiger partial charge on any atom is 0.0995 e. The molecule has 1 aromatic rings. The van der Waals surface area contributed by atoms with Crippen molar-refractivity contribution >= 4 is 0 Å². The summed E-state index contributed by atoms with van der Waals surface area (Å²) in [6, 6.07) is 11.0. The summed E-state index contributed by atoms with van der Waals surface area (Å²) >= 11 is 0. The minimum absolute atomic E-state index is 0.642. The quantitative estimate of drug-likeness (QED) is 0.835. The van der Waals surface area contributed by atoms with Gasteiger partial charge in [0.05, 0.1) is 18.2 Å². The second-order valence-electron chi connectivity index (χ2n) is 6.55. The number of hydrogen-bond donors (Lipinski definition) is 0. The Hall–Kier alpha value is -1.41. The number of benzene rings is 1. The van der Waals surface area contributed by atoms with Gasteiger partial charge in [-0.05, 0) is 30.4 Å². The molecule has 3 saturated heterocycles. The molecule has 118 valence electrons. The normalized spacial score (nSPS) is 25.8. The van der Waals surface area contributed by atoms with E-state index in [1.54, 1.807) is 7.11 Å². The minimum Gasteiger partial charge on any atom is -0.383 e. The smallest absolute Gasteiger partial charge is 0.0995 e. The molecular formula is C18H25N3O. The van der Waals surface area contributed by atoms with Crippen LogP contribution < -0.4 is 0 Å². The Labute approximate surface area is 133 Å². The van der Waals surface area contributed by atoms with Crippen molar-refractivity contribution in [2.75, 3.05) is 39.9 Å². The predicted octanol–water partition coefficient (Wildman–Crippen LogP) is 2.10. The van der Waals surface area contributed by atoms with Gasteiger partial charge in [0, 0.05) is 45.9 Å². The molecule has 0 amide bonds. The average Bonchev–Trinajstić information content (AvgIpc) is 2.84. The van der Waals surface area contributed by atoms with Crippen molar-refractivity contribution in [3.05, 3.63) is 35.4 Å². The number of methoxy groups -OCH3 is 1. The van der Waals surface area contributed by atoms with Crippen molar-refractivity contribution in [3.8, 4) is 6.07 Å². The topological polar surface area (TPSA) is 39.5 Å². The van der Waals surface area contributed by atoms with E-state index >= 15 is 0 Å². The Morgan fingerprint density at radius 2 is 2.09 bits per heavy atom. The SMILES string of the molecule is COCCN1C[C@H]2CC[C@@H]1CN(Cc1ccccc1C#N)C2. The molecule has 1 aromatic carbocycles. The number of ether oxygens (including phenoxy) is 1. The Morgan fingerprint density at radius 1 is 1.23 bits per heavy atom. The van der Waals surface area contributed by atoms with Crippen molar-refractivity contribution in [1.29, 1.82) is 5.26 Å². The van der Waals surface area contributed by atoms with Crippen LogP contribution in [-0.4, -0.2) is 55.7 Å². The molecule has 3 fully saturated rings. The van der Waals surface area contributed by atoms with Crippen LogP contribution in [0, 0.1) is 17.2 Å². The third-order valence-corrected chi connectivity index (χ3v) is 5.02. The lowest BCUT2D eigenvalue weighted by Gasteiger charge is -2.35. The van der Waals surface area contributed by atoms with Crippen molar-refractivity contribution < 1.29 is 4.74 Å². The highest BCUT2D eigenvalue weighted by Crippen LogP contribution is 2.28. The molecule has 0 spiro atoms. The summed E-state index contributed by atoms with van der Waals surface area (Å²) in [4.78, 5) is 5.15. The first kappa shape index (κ1) is 15.5. The third-order valence-electron chi connectivity index (χ3n) is 5.02. The van der Waals surface area contributed by atoms with Gasteiger partial charge in [-0.3, -0.25) is 9.80 Å². The monoisotopic (exact) mass is 299 g/mol. The fraction of sp³-hybridized carbons (Fsp3) is 0.611. The zero-order valence-electron chi connectivity index (χ0n) is 13.4. The summed E-state index contributed by atoms with van der Waals surface area (Å²) in [5, 5.41) is 9.27. The maximum absolute atomic E-state index is 9.27. The van der Waals surface area contributed by atoms with Crippen LogP contribution in [0.4, 0.5) is 0 Å². The number of rotatable bonds is 5. The van der Waals surface area contributed by atoms with Gasteiger partial charge in [0.25, 0.3) is 0 Å². The highest BCUT2D eigenvalue weighted by atomic mass is 16.5. The predicted molar refractivity (Wildman–Crippen MR) is 86.4 cm³/mol. The average molecular weight is 299 g/mol. The largest absolute Gasteiger partial charge is 0.383 e. The molecule has 4 heteroatoms. The van der Waals surface area contributed by atoms with E-state index in [9.17, 15) is 5.26 Å². The van der Waals surface area contributed by atoms with E-state index < -0.39 is 0 Å². The minimum atomic E-state index is 0.642. The molecule has 0 saturated carbocycles. The van der Waals surface area contributed by atoms with E-state index in [-0.39, 0.29) is 0 Å². The second-order valence-corrected chi connectivity index (χ2v) is 6.55. The molecule has 0 aliphatic carbocycles. The maximum atomic E-state index is 9.27. The van der Waals surface area contributed by atoms with Gasteiger partial charge >= 0.3 is 0 Å². The van der Waals surface area contributed by atoms with Gasteiger partial charge in [-0.1, -0.05) is 18.2 Å². The molecule has 2 atom stereocenters. The van der Waals surface area contributed by atoms with Gasteiger partial charge in [-0.2, -0.15) is 5.26 Å². The molecule has 4 nitrogen and oxygen atoms in total. The summed E-state index contributed by atoms with van der Waals surface area (Å²) in [6.45, 7) is 6.22. The summed E-state index contributed by atoms with van der Waals surface area (Å²) in [6.07, 6.45) is 2.63. The van der Waals surface area contributed by atoms with Crippen LogP contribution in [0.5, 0.6) is 0 Å². The van der Waals surface area contributed by atoms with Gasteiger partial charge in [-0.25, -0.2) is 0 Å². The first-order chi connectivity index (χ1) is 10.8. The lowest BCUT2D eigenvalue weighted by atomic mass is 9.95. The zero-order chi connectivity index (χ0) is 15.4. The van der Waals surface area contributed by atoms with Gasteiger partial charge in [0.1, 0.15) is 0 Å². The highest BCUT2D eigenvalue weighted by Gasteiger charge is 2.34. The van der Waals surface area contributed by atoms with Crippen molar-refractivity contribution in [3.63, 3.8) is 0 Å². The molecule has 0 radical (unpaired) electrons. The van der Waals surface area contributed by atoms with Crippen LogP contribution >= 0.6 is 0 Å². The van der Waals surface area contributed by atoms with E-state index in [2.05, 4.69) is 21.9 Å². The zero-order valence-corrected chi connectivity index (χ0v) is 13.4. The number of nitrogens with zero attached hydrogens (tertiary/aromatic N) is 3. The second kappa shape index (κ2) is 7.23. The van der Waals surface area contributed by atoms with Crippen LogP contribution in [0.3, 0.4) is 0 Å². The van der Waals surface area contributed by atoms with Crippen LogP contribution in [0.1, 0.15) is 24.0 Å². The summed E-state index contributed by atoms with van der Waals surface area (Å²) < 4.78 is 5.25. The molecular weight excluding hydrogens is 274 g/mol. The fourth-order valence-electron chi connectivity index (χ4n) is 3.90. The van der Waals surface area contributed by atoms with Crippen molar-refractivity contribution in [2.24, 2.45) is 5.92 Å². The molecule has 3 heterocycles. The standard InChI is InChI=1S/C18H25N3O/c1-22-9-8-21-12-15-6-7-18(21)14-20(11-15)13-17-5-3-2-4-16(17)10-19/h2-5,15,18H,6-9,11-14H2,1H3/t15-,18+/m0/s1. The molecule has 3 aliphatic heterocycles. The number of fused-ring (bicyclic) bond motifs is 4. The first-order valence-electron chi connectivity index (χ1n) is 8.23. The molecule has 22 heavy (non-hydrogen) atoms. The fourth-order valence-corrected chi connectivity index (χ4v) is 3.90. The van der Waals surface area contributed by atoms with Crippen LogP contribution in [0.25, 0.3) is 0 Å². The third kappa shape index (κ3) is 3.49. The number of nitriles is 1. The summed E-state index contributed by atoms with van der Waals surface area (Å²) in [5.74, 6) is 0.754. The Kier molecular flexibility index (Phi) is 5.09. The first-order valence-corrected chi connectivity index (χ1v) is 8.23. The van der Waals surface area contributed by atoms with Crippen LogP contribution in [0.15, 0.2) is 24.3 Å². The van der Waals surface area contributed by atoms with E-state index in [0.717, 1.165) is 49.8 Å². The van der Waals surface area contributed by atoms with E-state index in [4.69, 9.17) is 4.74 Å². The molecule has 4 rings (SSSR count). The summed E-state index contributed by atoms with van der Waals surface area (Å²) in [7, 11) is 1.78. The highest BCUT2D eigenvalue weighted by molar-refractivity contribution is 5.37. The van der Waals surface area contributed by atoms with Gasteiger partial charge < -0.3 is 4.74 Å². The van der Waals surface area contributed by atoms with E-state index in [1.165, 1.54) is 19.4 Å². The number of hydrogen-bond acceptors (Lipinski definition) is 4. The van der Waals surface area contributed by atoms with Gasteiger partial charge in [0.15, 0.2) is 0 Å². The van der Waals surface area contributed by atoms with E-state index in [1.807, 2.05) is 18.2 Å². The Bertz CT molecular complexity index is 539. The lowest BCUT2D eigenvalue weighted by Crippen LogP contribution is -2.45. The Balaban J connectivity index is 1.68. The molecule has 2 bridgehead atoms. The van der Waals surface area contributed by atoms with Crippen molar-refractivity contribution in [2.45, 2.75) is 25.4 Å². The van der Waals surface area contributed by atoms with Gasteiger partial charge in [0.2, 0.25) is 0 Å². The van der Waals surface area contributed by atoms with Gasteiger partial charge in [-0.15, -0.1) is 0 Å². The molecule has 3 aliphatic rings. The molecule has 0 N–H and O–H groups in total. The van der Waals surface area contributed by atoms with Crippen LogP contribution in [-0.2, 0) is 11.3 Å². The van der Waals surface area contributed by atoms with E-state index in [0.29, 0.717) is 6.04 Å². The Morgan fingerprint density at radius 3 is 2.91 bits per heavy atom. The lowest BCUT2D eigenvalue weighted by molar-refractivity contribution is 0.0867. The summed E-state index contributed by atoms with van der Waals surface area (Å²) in [5.41, 5.74) is 1.98. The van der Waals surface area contributed by atoms with Crippen LogP contribution in [0.2, 0.25) is 0 Å². The molecule has 0 unspecified atom stereocenters. The van der Waals surface area contributed by atoms with Crippen molar-refractivity contribution in [1.82, 2.24) is 9.80 Å².